The molecule has 0 aliphatic carbocycles. The summed E-state index contributed by atoms with van der Waals surface area (Å²) < 4.78 is 4.94. The number of nitrogens with zero attached hydrogens (tertiary/aromatic N) is 2. The predicted octanol–water partition coefficient (Wildman–Crippen LogP) is 2.59. The summed E-state index contributed by atoms with van der Waals surface area (Å²) >= 11 is 0. The van der Waals surface area contributed by atoms with Gasteiger partial charge in [0.2, 0.25) is 11.8 Å². The number of hydrogen-bond donors (Lipinski definition) is 0. The van der Waals surface area contributed by atoms with Crippen LogP contribution in [-0.4, -0.2) is 47.8 Å². The van der Waals surface area contributed by atoms with Gasteiger partial charge in [-0.15, -0.1) is 0 Å². The zero-order chi connectivity index (χ0) is 21.7. The third-order valence-electron chi connectivity index (χ3n) is 5.02. The van der Waals surface area contributed by atoms with Crippen LogP contribution in [0.25, 0.3) is 0 Å². The molecule has 7 heteroatoms. The van der Waals surface area contributed by atoms with Crippen molar-refractivity contribution in [3.8, 4) is 0 Å². The maximum Gasteiger partial charge on any atom is 0.338 e. The van der Waals surface area contributed by atoms with Crippen molar-refractivity contribution < 1.29 is 23.9 Å². The van der Waals surface area contributed by atoms with Crippen molar-refractivity contribution in [2.45, 2.75) is 32.7 Å². The minimum absolute atomic E-state index is 0.0627. The summed E-state index contributed by atoms with van der Waals surface area (Å²) in [6.45, 7) is 3.72. The monoisotopic (exact) mass is 408 g/mol. The Hall–Kier alpha value is -3.48. The van der Waals surface area contributed by atoms with E-state index in [1.807, 2.05) is 30.3 Å². The molecule has 1 heterocycles. The van der Waals surface area contributed by atoms with E-state index in [-0.39, 0.29) is 24.8 Å². The van der Waals surface area contributed by atoms with E-state index in [9.17, 15) is 19.2 Å². The van der Waals surface area contributed by atoms with Crippen LogP contribution in [0.5, 0.6) is 0 Å². The van der Waals surface area contributed by atoms with Crippen molar-refractivity contribution in [3.05, 3.63) is 65.7 Å². The van der Waals surface area contributed by atoms with Gasteiger partial charge in [0.05, 0.1) is 24.3 Å². The largest absolute Gasteiger partial charge is 0.462 e. The summed E-state index contributed by atoms with van der Waals surface area (Å²) in [5.41, 5.74) is 1.75. The molecule has 7 nitrogen and oxygen atoms in total. The van der Waals surface area contributed by atoms with Gasteiger partial charge in [-0.05, 0) is 43.2 Å². The molecule has 2 aromatic rings. The van der Waals surface area contributed by atoms with E-state index >= 15 is 0 Å². The molecular weight excluding hydrogens is 384 g/mol. The lowest BCUT2D eigenvalue weighted by Crippen LogP contribution is -2.45. The third kappa shape index (κ3) is 4.56. The summed E-state index contributed by atoms with van der Waals surface area (Å²) in [6.07, 6.45) is 0.527. The maximum atomic E-state index is 13.0. The fraction of sp³-hybridized carbons (Fsp3) is 0.304. The van der Waals surface area contributed by atoms with E-state index in [1.165, 1.54) is 36.1 Å². The number of anilines is 1. The third-order valence-corrected chi connectivity index (χ3v) is 5.02. The predicted molar refractivity (Wildman–Crippen MR) is 111 cm³/mol. The average molecular weight is 408 g/mol. The summed E-state index contributed by atoms with van der Waals surface area (Å²) in [5.74, 6) is -1.53. The molecule has 0 saturated carbocycles. The first-order chi connectivity index (χ1) is 14.4. The molecule has 0 N–H and O–H groups in total. The Balaban J connectivity index is 1.75. The Bertz CT molecular complexity index is 940. The molecule has 2 aromatic carbocycles. The van der Waals surface area contributed by atoms with Crippen LogP contribution in [-0.2, 0) is 25.5 Å². The van der Waals surface area contributed by atoms with Gasteiger partial charge in [-0.1, -0.05) is 30.3 Å². The Morgan fingerprint density at radius 2 is 1.73 bits per heavy atom. The van der Waals surface area contributed by atoms with Gasteiger partial charge in [0, 0.05) is 13.5 Å². The van der Waals surface area contributed by atoms with Gasteiger partial charge in [0.15, 0.2) is 0 Å². The first-order valence-electron chi connectivity index (χ1n) is 9.87. The number of esters is 1. The average Bonchev–Trinajstić information content (AvgIpc) is 3.03. The van der Waals surface area contributed by atoms with Crippen LogP contribution in [0.2, 0.25) is 0 Å². The summed E-state index contributed by atoms with van der Waals surface area (Å²) in [4.78, 5) is 52.2. The van der Waals surface area contributed by atoms with Gasteiger partial charge in [0.1, 0.15) is 6.04 Å². The number of hydrogen-bond acceptors (Lipinski definition) is 5. The molecule has 1 fully saturated rings. The molecule has 3 rings (SSSR count). The molecule has 1 aliphatic rings. The second-order valence-electron chi connectivity index (χ2n) is 7.00. The van der Waals surface area contributed by atoms with Crippen LogP contribution in [0, 0.1) is 0 Å². The quantitative estimate of drug-likeness (QED) is 0.519. The zero-order valence-corrected chi connectivity index (χ0v) is 17.0. The van der Waals surface area contributed by atoms with Gasteiger partial charge in [-0.25, -0.2) is 9.69 Å². The van der Waals surface area contributed by atoms with E-state index in [0.717, 1.165) is 10.5 Å². The van der Waals surface area contributed by atoms with Crippen LogP contribution in [0.15, 0.2) is 54.6 Å². The summed E-state index contributed by atoms with van der Waals surface area (Å²) in [5, 5.41) is 0. The highest BCUT2D eigenvalue weighted by Gasteiger charge is 2.43. The van der Waals surface area contributed by atoms with Crippen molar-refractivity contribution in [3.63, 3.8) is 0 Å². The highest BCUT2D eigenvalue weighted by atomic mass is 16.5. The molecule has 1 saturated heterocycles. The molecule has 1 aliphatic heterocycles. The van der Waals surface area contributed by atoms with E-state index in [4.69, 9.17) is 4.74 Å². The molecule has 0 aromatic heterocycles. The molecular formula is C23H24N2O5. The zero-order valence-electron chi connectivity index (χ0n) is 17.0. The maximum absolute atomic E-state index is 13.0. The van der Waals surface area contributed by atoms with Gasteiger partial charge in [0.25, 0.3) is 5.91 Å². The van der Waals surface area contributed by atoms with E-state index in [1.54, 1.807) is 6.92 Å². The topological polar surface area (TPSA) is 84.0 Å². The standard InChI is InChI=1S/C23H24N2O5/c1-3-30-23(29)18-9-11-19(12-10-18)25-21(27)15-20(22(25)28)24(16(2)26)14-13-17-7-5-4-6-8-17/h4-12,20H,3,13-15H2,1-2H3. The van der Waals surface area contributed by atoms with Gasteiger partial charge >= 0.3 is 5.97 Å². The molecule has 3 amide bonds. The summed E-state index contributed by atoms with van der Waals surface area (Å²) in [6, 6.07) is 14.9. The lowest BCUT2D eigenvalue weighted by atomic mass is 10.1. The van der Waals surface area contributed by atoms with Crippen molar-refractivity contribution >= 4 is 29.4 Å². The van der Waals surface area contributed by atoms with Gasteiger partial charge < -0.3 is 9.64 Å². The second-order valence-corrected chi connectivity index (χ2v) is 7.00. The van der Waals surface area contributed by atoms with Crippen LogP contribution in [0.1, 0.15) is 36.2 Å². The number of rotatable bonds is 7. The number of benzene rings is 2. The lowest BCUT2D eigenvalue weighted by molar-refractivity contribution is -0.136. The lowest BCUT2D eigenvalue weighted by Gasteiger charge is -2.26. The molecule has 1 atom stereocenters. The van der Waals surface area contributed by atoms with E-state index < -0.39 is 17.9 Å². The number of carbonyl (C=O) groups is 4. The van der Waals surface area contributed by atoms with Crippen molar-refractivity contribution in [2.75, 3.05) is 18.1 Å². The number of amides is 3. The fourth-order valence-corrected chi connectivity index (χ4v) is 3.52. The van der Waals surface area contributed by atoms with E-state index in [0.29, 0.717) is 24.2 Å². The molecule has 0 radical (unpaired) electrons. The van der Waals surface area contributed by atoms with Gasteiger partial charge in [-0.3, -0.25) is 14.4 Å². The minimum Gasteiger partial charge on any atom is -0.462 e. The summed E-state index contributed by atoms with van der Waals surface area (Å²) in [7, 11) is 0. The molecule has 0 bridgehead atoms. The minimum atomic E-state index is -0.830. The van der Waals surface area contributed by atoms with E-state index in [2.05, 4.69) is 0 Å². The van der Waals surface area contributed by atoms with Crippen LogP contribution >= 0.6 is 0 Å². The molecule has 0 spiro atoms. The van der Waals surface area contributed by atoms with Crippen molar-refractivity contribution in [2.24, 2.45) is 0 Å². The van der Waals surface area contributed by atoms with Crippen LogP contribution in [0.3, 0.4) is 0 Å². The first kappa shape index (κ1) is 21.2. The Labute approximate surface area is 175 Å². The second kappa shape index (κ2) is 9.35. The van der Waals surface area contributed by atoms with Crippen molar-refractivity contribution in [1.29, 1.82) is 0 Å². The molecule has 30 heavy (non-hydrogen) atoms. The van der Waals surface area contributed by atoms with Crippen LogP contribution < -0.4 is 4.90 Å². The molecule has 1 unspecified atom stereocenters. The Morgan fingerprint density at radius 1 is 1.07 bits per heavy atom. The Kier molecular flexibility index (Phi) is 6.61. The number of carbonyl (C=O) groups excluding carboxylic acids is 4. The highest BCUT2D eigenvalue weighted by Crippen LogP contribution is 2.26. The van der Waals surface area contributed by atoms with Crippen molar-refractivity contribution in [1.82, 2.24) is 4.90 Å². The first-order valence-corrected chi connectivity index (χ1v) is 9.87. The Morgan fingerprint density at radius 3 is 2.33 bits per heavy atom. The smallest absolute Gasteiger partial charge is 0.338 e. The normalized spacial score (nSPS) is 15.9. The number of ether oxygens (including phenoxy) is 1. The SMILES string of the molecule is CCOC(=O)c1ccc(N2C(=O)CC(N(CCc3ccccc3)C(C)=O)C2=O)cc1. The highest BCUT2D eigenvalue weighted by molar-refractivity contribution is 6.23. The van der Waals surface area contributed by atoms with Crippen LogP contribution in [0.4, 0.5) is 5.69 Å². The van der Waals surface area contributed by atoms with Gasteiger partial charge in [-0.2, -0.15) is 0 Å². The number of imide groups is 1. The molecule has 156 valence electrons. The fourth-order valence-electron chi connectivity index (χ4n) is 3.52.